The van der Waals surface area contributed by atoms with Gasteiger partial charge in [0.1, 0.15) is 5.15 Å². The minimum Gasteiger partial charge on any atom is -0.396 e. The predicted octanol–water partition coefficient (Wildman–Crippen LogP) is 2.64. The summed E-state index contributed by atoms with van der Waals surface area (Å²) < 4.78 is 0.701. The van der Waals surface area contributed by atoms with Crippen LogP contribution in [-0.2, 0) is 0 Å². The maximum Gasteiger partial charge on any atom is 0.254 e. The molecule has 1 aromatic heterocycles. The zero-order valence-corrected chi connectivity index (χ0v) is 12.7. The summed E-state index contributed by atoms with van der Waals surface area (Å²) >= 11 is 9.12. The molecule has 0 radical (unpaired) electrons. The van der Waals surface area contributed by atoms with Crippen LogP contribution in [0.2, 0.25) is 5.15 Å². The Morgan fingerprint density at radius 2 is 2.28 bits per heavy atom. The lowest BCUT2D eigenvalue weighted by atomic mass is 9.90. The normalized spacial score (nSPS) is 11.4. The molecule has 1 heterocycles. The number of rotatable bonds is 5. The third-order valence-corrected chi connectivity index (χ3v) is 3.30. The van der Waals surface area contributed by atoms with Gasteiger partial charge in [-0.2, -0.15) is 0 Å². The molecule has 100 valence electrons. The Morgan fingerprint density at radius 1 is 1.61 bits per heavy atom. The van der Waals surface area contributed by atoms with Crippen molar-refractivity contribution in [2.45, 2.75) is 20.3 Å². The fraction of sp³-hybridized carbons (Fsp3) is 0.500. The van der Waals surface area contributed by atoms with E-state index in [0.717, 1.165) is 0 Å². The maximum atomic E-state index is 11.9. The number of aromatic nitrogens is 1. The second-order valence-corrected chi connectivity index (χ2v) is 6.09. The number of carbonyl (C=O) groups excluding carboxylic acids is 1. The van der Waals surface area contributed by atoms with Crippen LogP contribution in [0.15, 0.2) is 16.7 Å². The predicted molar refractivity (Wildman–Crippen MR) is 74.8 cm³/mol. The average Bonchev–Trinajstić information content (AvgIpc) is 2.29. The minimum atomic E-state index is -0.264. The van der Waals surface area contributed by atoms with E-state index in [4.69, 9.17) is 16.7 Å². The smallest absolute Gasteiger partial charge is 0.254 e. The van der Waals surface area contributed by atoms with Gasteiger partial charge in [-0.3, -0.25) is 4.79 Å². The Labute approximate surface area is 120 Å². The van der Waals surface area contributed by atoms with Crippen LogP contribution in [-0.4, -0.2) is 29.1 Å². The van der Waals surface area contributed by atoms with Gasteiger partial charge in [-0.15, -0.1) is 0 Å². The number of pyridine rings is 1. The molecule has 0 atom stereocenters. The molecule has 1 aromatic rings. The number of aliphatic hydroxyl groups is 1. The van der Waals surface area contributed by atoms with Crippen molar-refractivity contribution < 1.29 is 9.90 Å². The topological polar surface area (TPSA) is 62.2 Å². The molecular formula is C12H16BrClN2O2. The molecule has 1 rings (SSSR count). The SMILES string of the molecule is CC(C)(CCO)CNC(=O)c1cc(Br)cnc1Cl. The van der Waals surface area contributed by atoms with E-state index in [-0.39, 0.29) is 23.1 Å². The van der Waals surface area contributed by atoms with Crippen LogP contribution < -0.4 is 5.32 Å². The molecule has 0 spiro atoms. The Morgan fingerprint density at radius 3 is 2.89 bits per heavy atom. The highest BCUT2D eigenvalue weighted by atomic mass is 79.9. The quantitative estimate of drug-likeness (QED) is 0.813. The van der Waals surface area contributed by atoms with Gasteiger partial charge in [-0.1, -0.05) is 25.4 Å². The van der Waals surface area contributed by atoms with Gasteiger partial charge < -0.3 is 10.4 Å². The minimum absolute atomic E-state index is 0.0993. The first-order valence-electron chi connectivity index (χ1n) is 5.56. The van der Waals surface area contributed by atoms with E-state index in [1.807, 2.05) is 13.8 Å². The van der Waals surface area contributed by atoms with Crippen molar-refractivity contribution in [3.05, 3.63) is 27.5 Å². The Hall–Kier alpha value is -0.650. The Kier molecular flexibility index (Phi) is 5.56. The van der Waals surface area contributed by atoms with Crippen molar-refractivity contribution >= 4 is 33.4 Å². The van der Waals surface area contributed by atoms with Crippen LogP contribution in [0.5, 0.6) is 0 Å². The van der Waals surface area contributed by atoms with Crippen LogP contribution >= 0.6 is 27.5 Å². The number of hydrogen-bond acceptors (Lipinski definition) is 3. The lowest BCUT2D eigenvalue weighted by Crippen LogP contribution is -2.34. The molecule has 0 aliphatic heterocycles. The molecule has 0 fully saturated rings. The van der Waals surface area contributed by atoms with E-state index in [2.05, 4.69) is 26.2 Å². The largest absolute Gasteiger partial charge is 0.396 e. The van der Waals surface area contributed by atoms with Gasteiger partial charge in [0.05, 0.1) is 5.56 Å². The van der Waals surface area contributed by atoms with Gasteiger partial charge in [-0.25, -0.2) is 4.98 Å². The van der Waals surface area contributed by atoms with Gasteiger partial charge in [0.25, 0.3) is 5.91 Å². The lowest BCUT2D eigenvalue weighted by molar-refractivity contribution is 0.0928. The first-order chi connectivity index (χ1) is 8.35. The number of nitrogens with zero attached hydrogens (tertiary/aromatic N) is 1. The molecule has 1 amide bonds. The van der Waals surface area contributed by atoms with Crippen LogP contribution in [0.1, 0.15) is 30.6 Å². The molecule has 0 saturated heterocycles. The summed E-state index contributed by atoms with van der Waals surface area (Å²) in [5.41, 5.74) is 0.182. The van der Waals surface area contributed by atoms with E-state index >= 15 is 0 Å². The molecule has 6 heteroatoms. The van der Waals surface area contributed by atoms with Gasteiger partial charge >= 0.3 is 0 Å². The second kappa shape index (κ2) is 6.50. The highest BCUT2D eigenvalue weighted by Crippen LogP contribution is 2.20. The summed E-state index contributed by atoms with van der Waals surface area (Å²) in [5, 5.41) is 11.9. The molecule has 18 heavy (non-hydrogen) atoms. The van der Waals surface area contributed by atoms with Crippen LogP contribution in [0.25, 0.3) is 0 Å². The molecule has 0 aliphatic carbocycles. The van der Waals surface area contributed by atoms with Crippen LogP contribution in [0.4, 0.5) is 0 Å². The highest BCUT2D eigenvalue weighted by Gasteiger charge is 2.19. The zero-order valence-electron chi connectivity index (χ0n) is 10.3. The monoisotopic (exact) mass is 334 g/mol. The van der Waals surface area contributed by atoms with Crippen molar-refractivity contribution in [1.82, 2.24) is 10.3 Å². The number of amides is 1. The summed E-state index contributed by atoms with van der Waals surface area (Å²) in [5.74, 6) is -0.264. The summed E-state index contributed by atoms with van der Waals surface area (Å²) in [7, 11) is 0. The first-order valence-corrected chi connectivity index (χ1v) is 6.73. The van der Waals surface area contributed by atoms with Gasteiger partial charge in [0.15, 0.2) is 0 Å². The van der Waals surface area contributed by atoms with E-state index < -0.39 is 0 Å². The highest BCUT2D eigenvalue weighted by molar-refractivity contribution is 9.10. The van der Waals surface area contributed by atoms with E-state index in [1.165, 1.54) is 6.20 Å². The van der Waals surface area contributed by atoms with Crippen LogP contribution in [0.3, 0.4) is 0 Å². The molecule has 0 saturated carbocycles. The fourth-order valence-electron chi connectivity index (χ4n) is 1.39. The number of carbonyl (C=O) groups is 1. The first kappa shape index (κ1) is 15.4. The number of hydrogen-bond donors (Lipinski definition) is 2. The fourth-order valence-corrected chi connectivity index (χ4v) is 1.91. The van der Waals surface area contributed by atoms with Gasteiger partial charge in [0, 0.05) is 23.8 Å². The van der Waals surface area contributed by atoms with Crippen molar-refractivity contribution in [2.75, 3.05) is 13.2 Å². The number of nitrogens with one attached hydrogen (secondary N) is 1. The molecular weight excluding hydrogens is 320 g/mol. The van der Waals surface area contributed by atoms with Crippen molar-refractivity contribution in [3.8, 4) is 0 Å². The van der Waals surface area contributed by atoms with Crippen LogP contribution in [0, 0.1) is 5.41 Å². The summed E-state index contributed by atoms with van der Waals surface area (Å²) in [6.07, 6.45) is 2.16. The second-order valence-electron chi connectivity index (χ2n) is 4.81. The third kappa shape index (κ3) is 4.55. The molecule has 0 unspecified atom stereocenters. The van der Waals surface area contributed by atoms with Crippen molar-refractivity contribution in [1.29, 1.82) is 0 Å². The van der Waals surface area contributed by atoms with E-state index in [1.54, 1.807) is 6.07 Å². The number of aliphatic hydroxyl groups excluding tert-OH is 1. The molecule has 0 aromatic carbocycles. The lowest BCUT2D eigenvalue weighted by Gasteiger charge is -2.23. The standard InChI is InChI=1S/C12H16BrClN2O2/c1-12(2,3-4-17)7-16-11(18)9-5-8(13)6-15-10(9)14/h5-6,17H,3-4,7H2,1-2H3,(H,16,18). The molecule has 2 N–H and O–H groups in total. The molecule has 0 bridgehead atoms. The Balaban J connectivity index is 2.69. The number of halogens is 2. The van der Waals surface area contributed by atoms with E-state index in [0.29, 0.717) is 23.0 Å². The van der Waals surface area contributed by atoms with Crippen molar-refractivity contribution in [3.63, 3.8) is 0 Å². The molecule has 4 nitrogen and oxygen atoms in total. The Bertz CT molecular complexity index is 438. The van der Waals surface area contributed by atoms with Gasteiger partial charge in [0.2, 0.25) is 0 Å². The van der Waals surface area contributed by atoms with Crippen molar-refractivity contribution in [2.24, 2.45) is 5.41 Å². The van der Waals surface area contributed by atoms with E-state index in [9.17, 15) is 4.79 Å². The third-order valence-electron chi connectivity index (χ3n) is 2.57. The summed E-state index contributed by atoms with van der Waals surface area (Å²) in [4.78, 5) is 15.8. The average molecular weight is 336 g/mol. The summed E-state index contributed by atoms with van der Waals surface area (Å²) in [6.45, 7) is 4.52. The van der Waals surface area contributed by atoms with Gasteiger partial charge in [-0.05, 0) is 33.8 Å². The summed E-state index contributed by atoms with van der Waals surface area (Å²) in [6, 6.07) is 1.63. The maximum absolute atomic E-state index is 11.9. The molecule has 0 aliphatic rings. The zero-order chi connectivity index (χ0) is 13.8.